The Morgan fingerprint density at radius 2 is 1.51 bits per heavy atom. The van der Waals surface area contributed by atoms with Gasteiger partial charge in [-0.05, 0) is 98.2 Å². The largest absolute Gasteiger partial charge is 0.466 e. The first-order valence-corrected chi connectivity index (χ1v) is 16.5. The predicted molar refractivity (Wildman–Crippen MR) is 158 cm³/mol. The molecule has 0 bridgehead atoms. The molecule has 244 valence electrons. The molecule has 0 spiro atoms. The van der Waals surface area contributed by atoms with Gasteiger partial charge in [0.15, 0.2) is 0 Å². The van der Waals surface area contributed by atoms with E-state index in [1.54, 1.807) is 0 Å². The Bertz CT molecular complexity index is 1040. The van der Waals surface area contributed by atoms with Crippen molar-refractivity contribution in [3.63, 3.8) is 0 Å². The molecule has 4 aliphatic rings. The van der Waals surface area contributed by atoms with Gasteiger partial charge in [0.05, 0.1) is 12.7 Å². The Hall–Kier alpha value is -2.16. The van der Waals surface area contributed by atoms with Gasteiger partial charge in [0, 0.05) is 40.0 Å². The maximum Gasteiger partial charge on any atom is 0.302 e. The van der Waals surface area contributed by atoms with Gasteiger partial charge in [0.1, 0.15) is 18.3 Å². The molecule has 0 aliphatic heterocycles. The Morgan fingerprint density at radius 1 is 0.814 bits per heavy atom. The van der Waals surface area contributed by atoms with Gasteiger partial charge in [-0.25, -0.2) is 0 Å². The van der Waals surface area contributed by atoms with Crippen molar-refractivity contribution in [1.29, 1.82) is 0 Å². The second-order valence-corrected chi connectivity index (χ2v) is 14.6. The second-order valence-electron chi connectivity index (χ2n) is 14.6. The third kappa shape index (κ3) is 7.07. The molecule has 43 heavy (non-hydrogen) atoms. The zero-order valence-corrected chi connectivity index (χ0v) is 27.3. The topological polar surface area (TPSA) is 125 Å². The number of hydrogen-bond donors (Lipinski definition) is 1. The average Bonchev–Trinajstić information content (AvgIpc) is 3.25. The fourth-order valence-corrected chi connectivity index (χ4v) is 10.2. The fraction of sp³-hybridized carbons (Fsp3) is 0.882. The quantitative estimate of drug-likeness (QED) is 0.257. The summed E-state index contributed by atoms with van der Waals surface area (Å²) >= 11 is 0. The lowest BCUT2D eigenvalue weighted by molar-refractivity contribution is -0.218. The monoisotopic (exact) mass is 606 g/mol. The van der Waals surface area contributed by atoms with Crippen LogP contribution < -0.4 is 0 Å². The summed E-state index contributed by atoms with van der Waals surface area (Å²) in [5.74, 6) is 0.252. The van der Waals surface area contributed by atoms with Crippen LogP contribution in [0.15, 0.2) is 0 Å². The molecular weight excluding hydrogens is 552 g/mol. The van der Waals surface area contributed by atoms with Crippen molar-refractivity contribution in [3.05, 3.63) is 0 Å². The predicted octanol–water partition coefficient (Wildman–Crippen LogP) is 5.39. The van der Waals surface area contributed by atoms with Gasteiger partial charge in [0.2, 0.25) is 0 Å². The zero-order valence-electron chi connectivity index (χ0n) is 27.3. The third-order valence-electron chi connectivity index (χ3n) is 12.1. The number of aliphatic hydroxyl groups excluding tert-OH is 1. The first-order chi connectivity index (χ1) is 20.2. The normalized spacial score (nSPS) is 39.7. The number of carbonyl (C=O) groups excluding carboxylic acids is 4. The molecule has 12 atom stereocenters. The van der Waals surface area contributed by atoms with E-state index in [4.69, 9.17) is 18.9 Å². The summed E-state index contributed by atoms with van der Waals surface area (Å²) in [7, 11) is 0. The molecule has 9 heteroatoms. The molecule has 0 amide bonds. The number of rotatable bonds is 10. The highest BCUT2D eigenvalue weighted by Crippen LogP contribution is 2.69. The number of fused-ring (bicyclic) bond motifs is 5. The van der Waals surface area contributed by atoms with Crippen molar-refractivity contribution >= 4 is 23.9 Å². The third-order valence-corrected chi connectivity index (χ3v) is 12.1. The molecule has 0 aromatic rings. The lowest BCUT2D eigenvalue weighted by Gasteiger charge is -2.64. The molecule has 9 nitrogen and oxygen atoms in total. The van der Waals surface area contributed by atoms with Gasteiger partial charge in [0.25, 0.3) is 0 Å². The molecule has 5 unspecified atom stereocenters. The van der Waals surface area contributed by atoms with Crippen molar-refractivity contribution in [2.75, 3.05) is 6.61 Å². The smallest absolute Gasteiger partial charge is 0.302 e. The van der Waals surface area contributed by atoms with E-state index < -0.39 is 6.10 Å². The molecule has 0 radical (unpaired) electrons. The molecule has 0 saturated heterocycles. The standard InChI is InChI=1S/C34H54O9/c1-19(8-9-25(41-21(3)36)13-15-40-20(2)35)27-10-11-28-32-29(18-31(39)34(27,28)7)33(6)14-12-26(42-22(4)37)16-24(33)17-30(32)43-23(5)38/h19,24-32,39H,8-18H2,1-7H3/t19?,24-,25?,26?,27+,28-,29-,30+,31-,32-,33?,34?/m0/s1. The molecule has 4 fully saturated rings. The van der Waals surface area contributed by atoms with Crippen molar-refractivity contribution in [1.82, 2.24) is 0 Å². The molecule has 1 N–H and O–H groups in total. The Labute approximate surface area is 257 Å². The molecule has 4 rings (SSSR count). The SMILES string of the molecule is CC(=O)OCCC(CCC(C)[C@H]1CC[C@H]2[C@@H]3[C@H](OC(C)=O)C[C@@H]4CC(OC(C)=O)CCC4(C)[C@H]3C[C@H](O)C12C)OC(C)=O. The fourth-order valence-electron chi connectivity index (χ4n) is 10.2. The minimum absolute atomic E-state index is 0.0107. The van der Waals surface area contributed by atoms with Gasteiger partial charge in [-0.3, -0.25) is 19.2 Å². The van der Waals surface area contributed by atoms with Crippen molar-refractivity contribution in [2.45, 2.75) is 137 Å². The minimum Gasteiger partial charge on any atom is -0.466 e. The summed E-state index contributed by atoms with van der Waals surface area (Å²) in [6.45, 7) is 12.8. The van der Waals surface area contributed by atoms with E-state index in [-0.39, 0.29) is 95.1 Å². The van der Waals surface area contributed by atoms with Crippen LogP contribution in [0.1, 0.15) is 113 Å². The number of hydrogen-bond acceptors (Lipinski definition) is 9. The summed E-state index contributed by atoms with van der Waals surface area (Å²) in [5.41, 5.74) is -0.324. The van der Waals surface area contributed by atoms with E-state index in [9.17, 15) is 24.3 Å². The van der Waals surface area contributed by atoms with E-state index >= 15 is 0 Å². The molecule has 0 aromatic heterocycles. The number of carbonyl (C=O) groups is 4. The Kier molecular flexibility index (Phi) is 10.6. The van der Waals surface area contributed by atoms with Crippen LogP contribution in [0.3, 0.4) is 0 Å². The number of aliphatic hydroxyl groups is 1. The first-order valence-electron chi connectivity index (χ1n) is 16.5. The highest BCUT2D eigenvalue weighted by atomic mass is 16.6. The lowest BCUT2D eigenvalue weighted by Crippen LogP contribution is -2.63. The average molecular weight is 607 g/mol. The van der Waals surface area contributed by atoms with Crippen LogP contribution in [-0.2, 0) is 38.1 Å². The second kappa shape index (κ2) is 13.5. The lowest BCUT2D eigenvalue weighted by atomic mass is 9.43. The van der Waals surface area contributed by atoms with E-state index in [0.29, 0.717) is 19.3 Å². The Morgan fingerprint density at radius 3 is 2.14 bits per heavy atom. The summed E-state index contributed by atoms with van der Waals surface area (Å²) in [6.07, 6.45) is 6.81. The van der Waals surface area contributed by atoms with E-state index in [2.05, 4.69) is 20.8 Å². The van der Waals surface area contributed by atoms with Crippen LogP contribution in [0.25, 0.3) is 0 Å². The summed E-state index contributed by atoms with van der Waals surface area (Å²) < 4.78 is 22.4. The van der Waals surface area contributed by atoms with Gasteiger partial charge >= 0.3 is 23.9 Å². The van der Waals surface area contributed by atoms with E-state index in [1.165, 1.54) is 27.7 Å². The minimum atomic E-state index is -0.471. The zero-order chi connectivity index (χ0) is 31.7. The van der Waals surface area contributed by atoms with E-state index in [1.807, 2.05) is 0 Å². The van der Waals surface area contributed by atoms with Crippen LogP contribution in [-0.4, -0.2) is 60.0 Å². The maximum atomic E-state index is 12.4. The highest BCUT2D eigenvalue weighted by Gasteiger charge is 2.66. The van der Waals surface area contributed by atoms with Crippen LogP contribution in [0.4, 0.5) is 0 Å². The van der Waals surface area contributed by atoms with Crippen LogP contribution in [0, 0.1) is 46.3 Å². The van der Waals surface area contributed by atoms with Crippen molar-refractivity contribution < 1.29 is 43.2 Å². The van der Waals surface area contributed by atoms with Crippen molar-refractivity contribution in [2.24, 2.45) is 46.3 Å². The summed E-state index contributed by atoms with van der Waals surface area (Å²) in [6, 6.07) is 0. The van der Waals surface area contributed by atoms with Crippen molar-refractivity contribution in [3.8, 4) is 0 Å². The van der Waals surface area contributed by atoms with Gasteiger partial charge in [-0.1, -0.05) is 20.8 Å². The van der Waals surface area contributed by atoms with Gasteiger partial charge in [-0.15, -0.1) is 0 Å². The molecule has 4 aliphatic carbocycles. The maximum absolute atomic E-state index is 12.4. The molecule has 4 saturated carbocycles. The molecule has 0 aromatic carbocycles. The van der Waals surface area contributed by atoms with Crippen LogP contribution in [0.5, 0.6) is 0 Å². The molecular formula is C34H54O9. The van der Waals surface area contributed by atoms with Crippen LogP contribution >= 0.6 is 0 Å². The highest BCUT2D eigenvalue weighted by molar-refractivity contribution is 5.67. The molecule has 0 heterocycles. The van der Waals surface area contributed by atoms with E-state index in [0.717, 1.165) is 44.9 Å². The number of esters is 4. The van der Waals surface area contributed by atoms with Gasteiger partial charge < -0.3 is 24.1 Å². The van der Waals surface area contributed by atoms with Gasteiger partial charge in [-0.2, -0.15) is 0 Å². The summed E-state index contributed by atoms with van der Waals surface area (Å²) in [5, 5.41) is 12.0. The Balaban J connectivity index is 1.52. The summed E-state index contributed by atoms with van der Waals surface area (Å²) in [4.78, 5) is 47.1. The van der Waals surface area contributed by atoms with Crippen LogP contribution in [0.2, 0.25) is 0 Å². The first kappa shape index (κ1) is 33.7. The number of ether oxygens (including phenoxy) is 4.